The maximum atomic E-state index is 13.0. The average molecular weight is 737 g/mol. The molecular formula is C27H25BrF4N4O9S. The molecule has 0 aliphatic carbocycles. The lowest BCUT2D eigenvalue weighted by molar-refractivity contribution is -0.137. The second-order valence-corrected chi connectivity index (χ2v) is 12.9. The summed E-state index contributed by atoms with van der Waals surface area (Å²) in [6.45, 7) is 0.550. The first-order valence-electron chi connectivity index (χ1n) is 12.9. The van der Waals surface area contributed by atoms with Crippen LogP contribution in [0.15, 0.2) is 67.6 Å². The summed E-state index contributed by atoms with van der Waals surface area (Å²) in [5.41, 5.74) is -6.00. The molecule has 0 unspecified atom stereocenters. The molecule has 19 heteroatoms. The topological polar surface area (TPSA) is 212 Å². The molecule has 0 radical (unpaired) electrons. The van der Waals surface area contributed by atoms with E-state index >= 15 is 0 Å². The molecule has 0 bridgehead atoms. The number of sulfone groups is 1. The Hall–Kier alpha value is -3.93. The van der Waals surface area contributed by atoms with Gasteiger partial charge in [0.25, 0.3) is 11.5 Å². The molecule has 2 aromatic carbocycles. The third-order valence-electron chi connectivity index (χ3n) is 6.45. The fourth-order valence-electron chi connectivity index (χ4n) is 4.11. The van der Waals surface area contributed by atoms with E-state index < -0.39 is 79.9 Å². The predicted octanol–water partition coefficient (Wildman–Crippen LogP) is 1.82. The quantitative estimate of drug-likeness (QED) is 0.175. The smallest absolute Gasteiger partial charge is 0.394 e. The first-order chi connectivity index (χ1) is 21.3. The van der Waals surface area contributed by atoms with Crippen molar-refractivity contribution >= 4 is 37.4 Å². The number of nitrogens with one attached hydrogen (secondary N) is 2. The number of benzene rings is 2. The Morgan fingerprint density at radius 3 is 2.39 bits per heavy atom. The Labute approximate surface area is 265 Å². The molecule has 1 amide bonds. The summed E-state index contributed by atoms with van der Waals surface area (Å²) in [6.07, 6.45) is -5.61. The molecule has 46 heavy (non-hydrogen) atoms. The SMILES string of the molecule is C[C@](O)(CS(=O)(=O)c1ccc(F)cc1)C(=O)Nc1ccc(C#N)c(C(F)(F)F)c1.O=c1[nH]c(=O)n([C@H]2C[C@H](O)[C@@H](CO)O2)cc1Br. The highest BCUT2D eigenvalue weighted by Crippen LogP contribution is 2.34. The van der Waals surface area contributed by atoms with E-state index in [2.05, 4.69) is 20.9 Å². The van der Waals surface area contributed by atoms with Crippen molar-refractivity contribution in [1.82, 2.24) is 9.55 Å². The van der Waals surface area contributed by atoms with Crippen LogP contribution in [-0.4, -0.2) is 69.4 Å². The molecule has 1 fully saturated rings. The number of H-pyrrole nitrogens is 1. The van der Waals surface area contributed by atoms with E-state index in [-0.39, 0.29) is 28.1 Å². The fourth-order valence-corrected chi connectivity index (χ4v) is 6.01. The lowest BCUT2D eigenvalue weighted by Crippen LogP contribution is -2.45. The molecule has 248 valence electrons. The number of aliphatic hydroxyl groups excluding tert-OH is 2. The maximum Gasteiger partial charge on any atom is 0.417 e. The van der Waals surface area contributed by atoms with Gasteiger partial charge >= 0.3 is 11.9 Å². The lowest BCUT2D eigenvalue weighted by Gasteiger charge is -2.22. The highest BCUT2D eigenvalue weighted by molar-refractivity contribution is 9.10. The Morgan fingerprint density at radius 1 is 1.22 bits per heavy atom. The number of hydrogen-bond donors (Lipinski definition) is 5. The van der Waals surface area contributed by atoms with Crippen molar-refractivity contribution in [3.8, 4) is 6.07 Å². The van der Waals surface area contributed by atoms with Crippen LogP contribution >= 0.6 is 15.9 Å². The first-order valence-corrected chi connectivity index (χ1v) is 15.3. The molecule has 3 aromatic rings. The number of aromatic nitrogens is 2. The molecule has 0 saturated carbocycles. The van der Waals surface area contributed by atoms with Crippen molar-refractivity contribution in [2.24, 2.45) is 0 Å². The van der Waals surface area contributed by atoms with Crippen molar-refractivity contribution in [2.75, 3.05) is 17.7 Å². The Bertz CT molecular complexity index is 1860. The number of nitrogens with zero attached hydrogens (tertiary/aromatic N) is 2. The van der Waals surface area contributed by atoms with Gasteiger partial charge in [-0.05, 0) is 65.3 Å². The largest absolute Gasteiger partial charge is 0.417 e. The molecule has 4 rings (SSSR count). The van der Waals surface area contributed by atoms with Gasteiger partial charge in [-0.2, -0.15) is 18.4 Å². The third kappa shape index (κ3) is 8.86. The molecule has 13 nitrogen and oxygen atoms in total. The number of aliphatic hydroxyl groups is 3. The van der Waals surface area contributed by atoms with Crippen LogP contribution in [0.5, 0.6) is 0 Å². The normalized spacial score (nSPS) is 19.3. The van der Waals surface area contributed by atoms with Crippen LogP contribution in [0.2, 0.25) is 0 Å². The van der Waals surface area contributed by atoms with E-state index in [1.807, 2.05) is 5.32 Å². The Balaban J connectivity index is 0.000000286. The van der Waals surface area contributed by atoms with E-state index in [1.54, 1.807) is 0 Å². The zero-order valence-electron chi connectivity index (χ0n) is 23.5. The zero-order valence-corrected chi connectivity index (χ0v) is 25.9. The van der Waals surface area contributed by atoms with Gasteiger partial charge in [0.15, 0.2) is 15.4 Å². The van der Waals surface area contributed by atoms with E-state index in [9.17, 15) is 50.6 Å². The van der Waals surface area contributed by atoms with Crippen molar-refractivity contribution in [3.05, 3.63) is 90.9 Å². The number of amides is 1. The van der Waals surface area contributed by atoms with Gasteiger partial charge in [0.1, 0.15) is 18.1 Å². The summed E-state index contributed by atoms with van der Waals surface area (Å²) in [5.74, 6) is -3.06. The molecule has 0 spiro atoms. The van der Waals surface area contributed by atoms with E-state index in [1.165, 1.54) is 16.8 Å². The molecule has 1 saturated heterocycles. The average Bonchev–Trinajstić information content (AvgIpc) is 3.34. The molecule has 1 aromatic heterocycles. The summed E-state index contributed by atoms with van der Waals surface area (Å²) < 4.78 is 83.3. The van der Waals surface area contributed by atoms with Crippen molar-refractivity contribution < 1.29 is 50.8 Å². The van der Waals surface area contributed by atoms with E-state index in [4.69, 9.17) is 15.1 Å². The summed E-state index contributed by atoms with van der Waals surface area (Å²) >= 11 is 3.00. The van der Waals surface area contributed by atoms with E-state index in [0.29, 0.717) is 6.07 Å². The highest BCUT2D eigenvalue weighted by Gasteiger charge is 2.38. The first kappa shape index (κ1) is 36.5. The van der Waals surface area contributed by atoms with Crippen LogP contribution in [0.3, 0.4) is 0 Å². The Morgan fingerprint density at radius 2 is 1.85 bits per heavy atom. The minimum Gasteiger partial charge on any atom is -0.394 e. The third-order valence-corrected chi connectivity index (χ3v) is 8.95. The number of carbonyl (C=O) groups is 1. The summed E-state index contributed by atoms with van der Waals surface area (Å²) in [4.78, 5) is 36.7. The number of nitriles is 1. The number of anilines is 1. The standard InChI is InChI=1S/C18H14F4N2O4S.C9H11BrN2O5/c1-17(26,10-29(27,28)14-6-3-12(19)4-7-14)16(25)24-13-5-2-11(9-23)15(8-13)18(20,21)22;10-4-2-12(9(16)11-8(4)15)7-1-5(14)6(3-13)17-7/h2-8,26H,10H2,1H3,(H,24,25);2,5-7,13-14H,1,3H2,(H,11,15,16)/t17-;5-,6+,7+/m00/s1. The van der Waals surface area contributed by atoms with Gasteiger partial charge in [0, 0.05) is 18.3 Å². The maximum absolute atomic E-state index is 13.0. The summed E-state index contributed by atoms with van der Waals surface area (Å²) in [5, 5.41) is 39.5. The molecular weight excluding hydrogens is 712 g/mol. The molecule has 1 aliphatic rings. The van der Waals surface area contributed by atoms with Gasteiger partial charge in [0.2, 0.25) is 0 Å². The van der Waals surface area contributed by atoms with Gasteiger partial charge in [-0.25, -0.2) is 17.6 Å². The molecule has 5 N–H and O–H groups in total. The second-order valence-electron chi connectivity index (χ2n) is 10.1. The van der Waals surface area contributed by atoms with Crippen LogP contribution < -0.4 is 16.6 Å². The number of alkyl halides is 3. The van der Waals surface area contributed by atoms with Crippen molar-refractivity contribution in [3.63, 3.8) is 0 Å². The lowest BCUT2D eigenvalue weighted by atomic mass is 10.1. The van der Waals surface area contributed by atoms with Crippen LogP contribution in [0.25, 0.3) is 0 Å². The van der Waals surface area contributed by atoms with E-state index in [0.717, 1.165) is 43.3 Å². The second kappa shape index (κ2) is 14.2. The van der Waals surface area contributed by atoms with Gasteiger partial charge in [-0.1, -0.05) is 0 Å². The zero-order chi connectivity index (χ0) is 34.6. The van der Waals surface area contributed by atoms with Gasteiger partial charge in [-0.15, -0.1) is 0 Å². The number of rotatable bonds is 7. The van der Waals surface area contributed by atoms with Gasteiger partial charge < -0.3 is 25.4 Å². The Kier molecular flexibility index (Phi) is 11.3. The molecule has 2 heterocycles. The number of ether oxygens (including phenoxy) is 1. The summed E-state index contributed by atoms with van der Waals surface area (Å²) in [6, 6.07) is 7.40. The van der Waals surface area contributed by atoms with Gasteiger partial charge in [0.05, 0.1) is 45.0 Å². The fraction of sp³-hybridized carbons (Fsp3) is 0.333. The summed E-state index contributed by atoms with van der Waals surface area (Å²) in [7, 11) is -4.21. The number of carbonyl (C=O) groups excluding carboxylic acids is 1. The number of hydrogen-bond acceptors (Lipinski definition) is 10. The number of halogens is 5. The van der Waals surface area contributed by atoms with Crippen LogP contribution in [-0.2, 0) is 25.5 Å². The minimum atomic E-state index is -4.86. The molecule has 1 aliphatic heterocycles. The van der Waals surface area contributed by atoms with Crippen molar-refractivity contribution in [1.29, 1.82) is 5.26 Å². The number of aromatic amines is 1. The van der Waals surface area contributed by atoms with Gasteiger partial charge in [-0.3, -0.25) is 19.1 Å². The predicted molar refractivity (Wildman–Crippen MR) is 155 cm³/mol. The van der Waals surface area contributed by atoms with Crippen LogP contribution in [0, 0.1) is 17.1 Å². The molecule has 4 atom stereocenters. The monoisotopic (exact) mass is 736 g/mol. The minimum absolute atomic E-state index is 0.184. The van der Waals surface area contributed by atoms with Crippen LogP contribution in [0.4, 0.5) is 23.2 Å². The van der Waals surface area contributed by atoms with Crippen LogP contribution in [0.1, 0.15) is 30.7 Å². The van der Waals surface area contributed by atoms with Crippen molar-refractivity contribution in [2.45, 2.75) is 48.5 Å². The highest BCUT2D eigenvalue weighted by atomic mass is 79.9.